The third kappa shape index (κ3) is 4.25. The van der Waals surface area contributed by atoms with E-state index < -0.39 is 27.8 Å². The third-order valence-corrected chi connectivity index (χ3v) is 5.46. The Bertz CT molecular complexity index is 712. The van der Waals surface area contributed by atoms with Gasteiger partial charge in [-0.2, -0.15) is 17.4 Å². The third-order valence-electron chi connectivity index (χ3n) is 3.87. The topological polar surface area (TPSA) is 87.7 Å². The van der Waals surface area contributed by atoms with Gasteiger partial charge in [0.15, 0.2) is 0 Å². The molecule has 1 aliphatic rings. The van der Waals surface area contributed by atoms with E-state index in [9.17, 15) is 13.2 Å². The summed E-state index contributed by atoms with van der Waals surface area (Å²) in [5, 5.41) is 2.85. The summed E-state index contributed by atoms with van der Waals surface area (Å²) >= 11 is 0. The van der Waals surface area contributed by atoms with E-state index in [1.807, 2.05) is 26.8 Å². The van der Waals surface area contributed by atoms with E-state index in [-0.39, 0.29) is 5.91 Å². The summed E-state index contributed by atoms with van der Waals surface area (Å²) < 4.78 is 33.7. The van der Waals surface area contributed by atoms with E-state index >= 15 is 0 Å². The van der Waals surface area contributed by atoms with Gasteiger partial charge in [-0.05, 0) is 44.9 Å². The Morgan fingerprint density at radius 3 is 2.62 bits per heavy atom. The van der Waals surface area contributed by atoms with Crippen molar-refractivity contribution >= 4 is 16.1 Å². The first-order chi connectivity index (χ1) is 11.0. The standard InChI is InChI=1S/C16H25N3O4S/c1-16(2,3)17-15(20)14-10-13(18-24(21,22)19(14)4)11-7-6-8-12(9-11)23-5/h6-9,13-14,18H,10H2,1-5H3,(H,17,20)/t13-,14+/m0/s1. The first-order valence-corrected chi connectivity index (χ1v) is 9.19. The number of nitrogens with zero attached hydrogens (tertiary/aromatic N) is 1. The molecule has 1 fully saturated rings. The van der Waals surface area contributed by atoms with Gasteiger partial charge in [0.05, 0.1) is 13.2 Å². The van der Waals surface area contributed by atoms with Gasteiger partial charge in [-0.25, -0.2) is 0 Å². The molecule has 0 unspecified atom stereocenters. The normalized spacial score (nSPS) is 24.4. The maximum absolute atomic E-state index is 12.5. The van der Waals surface area contributed by atoms with Gasteiger partial charge in [0.25, 0.3) is 10.2 Å². The number of carbonyl (C=O) groups excluding carboxylic acids is 1. The molecule has 2 atom stereocenters. The number of benzene rings is 1. The number of rotatable bonds is 3. The molecule has 1 aromatic rings. The summed E-state index contributed by atoms with van der Waals surface area (Å²) in [5.41, 5.74) is 0.331. The van der Waals surface area contributed by atoms with E-state index in [1.54, 1.807) is 25.3 Å². The molecular weight excluding hydrogens is 330 g/mol. The zero-order chi connectivity index (χ0) is 18.1. The summed E-state index contributed by atoms with van der Waals surface area (Å²) in [4.78, 5) is 12.5. The van der Waals surface area contributed by atoms with Crippen molar-refractivity contribution in [2.45, 2.75) is 44.8 Å². The van der Waals surface area contributed by atoms with Gasteiger partial charge >= 0.3 is 0 Å². The van der Waals surface area contributed by atoms with Crippen LogP contribution in [0.4, 0.5) is 0 Å². The molecule has 0 radical (unpaired) electrons. The van der Waals surface area contributed by atoms with Gasteiger partial charge in [0.2, 0.25) is 5.91 Å². The second-order valence-electron chi connectivity index (χ2n) is 6.96. The lowest BCUT2D eigenvalue weighted by Crippen LogP contribution is -2.59. The average Bonchev–Trinajstić information content (AvgIpc) is 2.48. The molecule has 1 saturated heterocycles. The van der Waals surface area contributed by atoms with Crippen LogP contribution in [0.25, 0.3) is 0 Å². The predicted molar refractivity (Wildman–Crippen MR) is 91.9 cm³/mol. The fourth-order valence-electron chi connectivity index (χ4n) is 2.64. The highest BCUT2D eigenvalue weighted by atomic mass is 32.2. The SMILES string of the molecule is COc1cccc([C@@H]2C[C@H](C(=O)NC(C)(C)C)N(C)S(=O)(=O)N2)c1. The molecule has 8 heteroatoms. The summed E-state index contributed by atoms with van der Waals surface area (Å²) in [7, 11) is -0.780. The highest BCUT2D eigenvalue weighted by Crippen LogP contribution is 2.29. The van der Waals surface area contributed by atoms with E-state index in [4.69, 9.17) is 4.74 Å². The number of methoxy groups -OCH3 is 1. The summed E-state index contributed by atoms with van der Waals surface area (Å²) in [6.07, 6.45) is 0.338. The van der Waals surface area contributed by atoms with Crippen LogP contribution in [0.15, 0.2) is 24.3 Å². The highest BCUT2D eigenvalue weighted by Gasteiger charge is 2.41. The fourth-order valence-corrected chi connectivity index (χ4v) is 3.91. The minimum atomic E-state index is -3.75. The summed E-state index contributed by atoms with van der Waals surface area (Å²) in [6.45, 7) is 5.58. The number of amides is 1. The number of nitrogens with one attached hydrogen (secondary N) is 2. The van der Waals surface area contributed by atoms with E-state index in [2.05, 4.69) is 10.0 Å². The van der Waals surface area contributed by atoms with Gasteiger partial charge in [0, 0.05) is 12.6 Å². The van der Waals surface area contributed by atoms with Crippen molar-refractivity contribution in [2.24, 2.45) is 0 Å². The van der Waals surface area contributed by atoms with Crippen molar-refractivity contribution in [3.63, 3.8) is 0 Å². The number of hydrogen-bond donors (Lipinski definition) is 2. The first kappa shape index (κ1) is 18.7. The predicted octanol–water partition coefficient (Wildman–Crippen LogP) is 1.19. The maximum atomic E-state index is 12.5. The molecule has 0 spiro atoms. The first-order valence-electron chi connectivity index (χ1n) is 7.75. The smallest absolute Gasteiger partial charge is 0.280 e. The van der Waals surface area contributed by atoms with Crippen LogP contribution in [0, 0.1) is 0 Å². The Morgan fingerprint density at radius 1 is 1.38 bits per heavy atom. The molecule has 1 amide bonds. The molecule has 1 aromatic carbocycles. The van der Waals surface area contributed by atoms with E-state index in [1.165, 1.54) is 7.05 Å². The van der Waals surface area contributed by atoms with Crippen molar-refractivity contribution in [3.8, 4) is 5.75 Å². The molecule has 2 rings (SSSR count). The van der Waals surface area contributed by atoms with Crippen LogP contribution in [0.1, 0.15) is 38.8 Å². The molecule has 0 aromatic heterocycles. The van der Waals surface area contributed by atoms with Gasteiger partial charge in [0.1, 0.15) is 11.8 Å². The summed E-state index contributed by atoms with van der Waals surface area (Å²) in [5.74, 6) is 0.337. The largest absolute Gasteiger partial charge is 0.497 e. The number of hydrogen-bond acceptors (Lipinski definition) is 4. The van der Waals surface area contributed by atoms with Crippen LogP contribution in [0.5, 0.6) is 5.75 Å². The van der Waals surface area contributed by atoms with Crippen molar-refractivity contribution < 1.29 is 17.9 Å². The second kappa shape index (κ2) is 6.70. The Balaban J connectivity index is 2.31. The lowest BCUT2D eigenvalue weighted by atomic mass is 9.98. The van der Waals surface area contributed by atoms with E-state index in [0.717, 1.165) is 9.87 Å². The van der Waals surface area contributed by atoms with Crippen LogP contribution in [0.2, 0.25) is 0 Å². The van der Waals surface area contributed by atoms with Crippen molar-refractivity contribution in [2.75, 3.05) is 14.2 Å². The molecule has 7 nitrogen and oxygen atoms in total. The monoisotopic (exact) mass is 355 g/mol. The Kier molecular flexibility index (Phi) is 5.22. The highest BCUT2D eigenvalue weighted by molar-refractivity contribution is 7.87. The van der Waals surface area contributed by atoms with Crippen molar-refractivity contribution in [1.29, 1.82) is 0 Å². The molecule has 1 heterocycles. The van der Waals surface area contributed by atoms with Crippen LogP contribution in [0.3, 0.4) is 0 Å². The van der Waals surface area contributed by atoms with Gasteiger partial charge in [-0.15, -0.1) is 0 Å². The molecule has 134 valence electrons. The number of ether oxygens (including phenoxy) is 1. The molecule has 0 saturated carbocycles. The maximum Gasteiger partial charge on any atom is 0.280 e. The average molecular weight is 355 g/mol. The van der Waals surface area contributed by atoms with Crippen molar-refractivity contribution in [3.05, 3.63) is 29.8 Å². The van der Waals surface area contributed by atoms with Gasteiger partial charge < -0.3 is 10.1 Å². The van der Waals surface area contributed by atoms with Gasteiger partial charge in [-0.3, -0.25) is 4.79 Å². The fraction of sp³-hybridized carbons (Fsp3) is 0.562. The molecular formula is C16H25N3O4S. The molecule has 0 bridgehead atoms. The number of likely N-dealkylation sites (N-methyl/N-ethyl adjacent to an activating group) is 1. The van der Waals surface area contributed by atoms with Crippen LogP contribution in [-0.2, 0) is 15.0 Å². The zero-order valence-corrected chi connectivity index (χ0v) is 15.5. The lowest BCUT2D eigenvalue weighted by molar-refractivity contribution is -0.126. The quantitative estimate of drug-likeness (QED) is 0.852. The van der Waals surface area contributed by atoms with Crippen LogP contribution >= 0.6 is 0 Å². The second-order valence-corrected chi connectivity index (χ2v) is 8.72. The Labute approximate surface area is 143 Å². The number of carbonyl (C=O) groups is 1. The van der Waals surface area contributed by atoms with Crippen LogP contribution < -0.4 is 14.8 Å². The Morgan fingerprint density at radius 2 is 2.04 bits per heavy atom. The molecule has 1 aliphatic heterocycles. The van der Waals surface area contributed by atoms with E-state index in [0.29, 0.717) is 12.2 Å². The summed E-state index contributed by atoms with van der Waals surface area (Å²) in [6, 6.07) is 5.92. The van der Waals surface area contributed by atoms with Crippen LogP contribution in [-0.4, -0.2) is 44.4 Å². The molecule has 2 N–H and O–H groups in total. The Hall–Kier alpha value is -1.64. The van der Waals surface area contributed by atoms with Crippen molar-refractivity contribution in [1.82, 2.24) is 14.3 Å². The minimum absolute atomic E-state index is 0.303. The molecule has 0 aliphatic carbocycles. The lowest BCUT2D eigenvalue weighted by Gasteiger charge is -2.37. The van der Waals surface area contributed by atoms with Gasteiger partial charge in [-0.1, -0.05) is 12.1 Å². The molecule has 24 heavy (non-hydrogen) atoms. The zero-order valence-electron chi connectivity index (χ0n) is 14.7. The minimum Gasteiger partial charge on any atom is -0.497 e.